The van der Waals surface area contributed by atoms with Crippen LogP contribution < -0.4 is 0 Å². The summed E-state index contributed by atoms with van der Waals surface area (Å²) in [4.78, 5) is 0. The van der Waals surface area contributed by atoms with Crippen molar-refractivity contribution in [2.75, 3.05) is 0 Å². The molecule has 0 heterocycles. The van der Waals surface area contributed by atoms with Gasteiger partial charge in [-0.25, -0.2) is 0 Å². The van der Waals surface area contributed by atoms with Crippen molar-refractivity contribution >= 4 is 11.6 Å². The van der Waals surface area contributed by atoms with Crippen LogP contribution in [0, 0.1) is 0 Å². The Labute approximate surface area is 134 Å². The number of fused-ring (bicyclic) bond motifs is 3. The quantitative estimate of drug-likeness (QED) is 0.553. The normalized spacial score (nSPS) is 13.5. The highest BCUT2D eigenvalue weighted by molar-refractivity contribution is 6.30. The summed E-state index contributed by atoms with van der Waals surface area (Å²) in [5, 5.41) is 11.3. The van der Waals surface area contributed by atoms with E-state index in [4.69, 9.17) is 11.6 Å². The van der Waals surface area contributed by atoms with E-state index in [1.807, 2.05) is 30.3 Å². The van der Waals surface area contributed by atoms with Crippen LogP contribution in [0.2, 0.25) is 5.02 Å². The van der Waals surface area contributed by atoms with Crippen molar-refractivity contribution in [3.8, 4) is 11.1 Å². The molecule has 1 aliphatic rings. The summed E-state index contributed by atoms with van der Waals surface area (Å²) in [6.07, 6.45) is 0.318. The molecular weight excluding hydrogens is 292 g/mol. The lowest BCUT2D eigenvalue weighted by atomic mass is 9.97. The van der Waals surface area contributed by atoms with Crippen LogP contribution in [-0.4, -0.2) is 5.11 Å². The zero-order chi connectivity index (χ0) is 15.1. The number of aliphatic hydroxyl groups is 1. The van der Waals surface area contributed by atoms with E-state index in [0.29, 0.717) is 5.02 Å². The summed E-state index contributed by atoms with van der Waals surface area (Å²) >= 11 is 5.91. The summed E-state index contributed by atoms with van der Waals surface area (Å²) in [5.41, 5.74) is 7.02. The summed E-state index contributed by atoms with van der Waals surface area (Å²) in [5.74, 6) is 0. The lowest BCUT2D eigenvalue weighted by Crippen LogP contribution is -2.00. The first-order chi connectivity index (χ1) is 10.7. The van der Waals surface area contributed by atoms with Gasteiger partial charge in [-0.3, -0.25) is 0 Å². The lowest BCUT2D eigenvalue weighted by molar-refractivity contribution is 0.220. The number of hydrogen-bond donors (Lipinski definition) is 1. The average molecular weight is 307 g/mol. The molecule has 2 heteroatoms. The largest absolute Gasteiger partial charge is 0.384 e. The highest BCUT2D eigenvalue weighted by Gasteiger charge is 2.20. The van der Waals surface area contributed by atoms with E-state index in [-0.39, 0.29) is 0 Å². The van der Waals surface area contributed by atoms with E-state index in [9.17, 15) is 5.11 Å². The van der Waals surface area contributed by atoms with E-state index < -0.39 is 6.10 Å². The number of rotatable bonds is 2. The number of benzene rings is 3. The molecular formula is C20H15ClO. The smallest absolute Gasteiger partial charge is 0.104 e. The molecule has 0 bridgehead atoms. The van der Waals surface area contributed by atoms with Gasteiger partial charge in [0.05, 0.1) is 0 Å². The van der Waals surface area contributed by atoms with E-state index >= 15 is 0 Å². The number of aliphatic hydroxyl groups excluding tert-OH is 1. The summed E-state index contributed by atoms with van der Waals surface area (Å²) < 4.78 is 0. The standard InChI is InChI=1S/C20H15ClO/c21-17-8-5-13(6-9-17)20(22)15-7-10-19-16(12-15)11-14-3-1-2-4-18(14)19/h1-10,12,20,22H,11H2. The number of hydrogen-bond acceptors (Lipinski definition) is 1. The Balaban J connectivity index is 1.71. The zero-order valence-electron chi connectivity index (χ0n) is 12.0. The Morgan fingerprint density at radius 2 is 1.45 bits per heavy atom. The Hall–Kier alpha value is -2.09. The topological polar surface area (TPSA) is 20.2 Å². The monoisotopic (exact) mass is 306 g/mol. The van der Waals surface area contributed by atoms with E-state index in [1.54, 1.807) is 0 Å². The third kappa shape index (κ3) is 2.23. The highest BCUT2D eigenvalue weighted by Crippen LogP contribution is 2.38. The molecule has 22 heavy (non-hydrogen) atoms. The second-order valence-corrected chi connectivity index (χ2v) is 6.14. The fraction of sp³-hybridized carbons (Fsp3) is 0.100. The van der Waals surface area contributed by atoms with Crippen molar-refractivity contribution in [1.82, 2.24) is 0 Å². The molecule has 0 radical (unpaired) electrons. The third-order valence-electron chi connectivity index (χ3n) is 4.32. The van der Waals surface area contributed by atoms with Gasteiger partial charge in [-0.1, -0.05) is 66.2 Å². The molecule has 0 amide bonds. The third-order valence-corrected chi connectivity index (χ3v) is 4.57. The second-order valence-electron chi connectivity index (χ2n) is 5.70. The maximum atomic E-state index is 10.6. The van der Waals surface area contributed by atoms with Crippen LogP contribution in [0.5, 0.6) is 0 Å². The highest BCUT2D eigenvalue weighted by atomic mass is 35.5. The Morgan fingerprint density at radius 3 is 2.27 bits per heavy atom. The van der Waals surface area contributed by atoms with Gasteiger partial charge in [0.2, 0.25) is 0 Å². The Morgan fingerprint density at radius 1 is 0.773 bits per heavy atom. The molecule has 0 saturated heterocycles. The van der Waals surface area contributed by atoms with E-state index in [0.717, 1.165) is 17.5 Å². The summed E-state index contributed by atoms with van der Waals surface area (Å²) in [6.45, 7) is 0. The first-order valence-electron chi connectivity index (χ1n) is 7.37. The van der Waals surface area contributed by atoms with Crippen LogP contribution in [0.4, 0.5) is 0 Å². The first kappa shape index (κ1) is 13.6. The molecule has 1 nitrogen and oxygen atoms in total. The van der Waals surface area contributed by atoms with Crippen LogP contribution >= 0.6 is 11.6 Å². The predicted octanol–water partition coefficient (Wildman–Crippen LogP) is 4.99. The van der Waals surface area contributed by atoms with Crippen molar-refractivity contribution < 1.29 is 5.11 Å². The van der Waals surface area contributed by atoms with Crippen molar-refractivity contribution in [3.63, 3.8) is 0 Å². The Kier molecular flexibility index (Phi) is 3.25. The molecule has 3 aromatic carbocycles. The van der Waals surface area contributed by atoms with E-state index in [1.165, 1.54) is 22.3 Å². The van der Waals surface area contributed by atoms with Gasteiger partial charge in [0.15, 0.2) is 0 Å². The number of halogens is 1. The minimum atomic E-state index is -0.619. The minimum absolute atomic E-state index is 0.619. The molecule has 1 atom stereocenters. The maximum absolute atomic E-state index is 10.6. The second kappa shape index (κ2) is 5.28. The van der Waals surface area contributed by atoms with Crippen LogP contribution in [0.3, 0.4) is 0 Å². The first-order valence-corrected chi connectivity index (χ1v) is 7.75. The van der Waals surface area contributed by atoms with E-state index in [2.05, 4.69) is 36.4 Å². The van der Waals surface area contributed by atoms with Gasteiger partial charge in [-0.2, -0.15) is 0 Å². The van der Waals surface area contributed by atoms with Gasteiger partial charge < -0.3 is 5.11 Å². The molecule has 3 aromatic rings. The molecule has 0 aromatic heterocycles. The maximum Gasteiger partial charge on any atom is 0.104 e. The fourth-order valence-electron chi connectivity index (χ4n) is 3.17. The molecule has 108 valence electrons. The zero-order valence-corrected chi connectivity index (χ0v) is 12.7. The van der Waals surface area contributed by atoms with Gasteiger partial charge in [0.25, 0.3) is 0 Å². The molecule has 1 unspecified atom stereocenters. The Bertz CT molecular complexity index is 837. The van der Waals surface area contributed by atoms with Crippen molar-refractivity contribution in [2.24, 2.45) is 0 Å². The predicted molar refractivity (Wildman–Crippen MR) is 90.2 cm³/mol. The molecule has 1 N–H and O–H groups in total. The molecule has 1 aliphatic carbocycles. The van der Waals surface area contributed by atoms with Crippen molar-refractivity contribution in [1.29, 1.82) is 0 Å². The summed E-state index contributed by atoms with van der Waals surface area (Å²) in [7, 11) is 0. The lowest BCUT2D eigenvalue weighted by Gasteiger charge is -2.13. The fourth-order valence-corrected chi connectivity index (χ4v) is 3.30. The molecule has 4 rings (SSSR count). The molecule has 0 saturated carbocycles. The van der Waals surface area contributed by atoms with Crippen molar-refractivity contribution in [2.45, 2.75) is 12.5 Å². The van der Waals surface area contributed by atoms with Crippen LogP contribution in [0.15, 0.2) is 66.7 Å². The SMILES string of the molecule is OC(c1ccc(Cl)cc1)c1ccc2c(c1)Cc1ccccc1-2. The minimum Gasteiger partial charge on any atom is -0.384 e. The van der Waals surface area contributed by atoms with Crippen LogP contribution in [-0.2, 0) is 6.42 Å². The molecule has 0 fully saturated rings. The summed E-state index contributed by atoms with van der Waals surface area (Å²) in [6, 6.07) is 22.1. The van der Waals surface area contributed by atoms with Gasteiger partial charge in [-0.15, -0.1) is 0 Å². The van der Waals surface area contributed by atoms with Crippen LogP contribution in [0.25, 0.3) is 11.1 Å². The molecule has 0 aliphatic heterocycles. The van der Waals surface area contributed by atoms with Gasteiger partial charge in [0.1, 0.15) is 6.10 Å². The van der Waals surface area contributed by atoms with Gasteiger partial charge in [0, 0.05) is 5.02 Å². The van der Waals surface area contributed by atoms with Crippen LogP contribution in [0.1, 0.15) is 28.4 Å². The van der Waals surface area contributed by atoms with Crippen molar-refractivity contribution in [3.05, 3.63) is 94.0 Å². The molecule has 0 spiro atoms. The van der Waals surface area contributed by atoms with Gasteiger partial charge in [-0.05, 0) is 51.9 Å². The average Bonchev–Trinajstić information content (AvgIpc) is 2.92. The van der Waals surface area contributed by atoms with Gasteiger partial charge >= 0.3 is 0 Å².